The highest BCUT2D eigenvalue weighted by Crippen LogP contribution is 2.32. The highest BCUT2D eigenvalue weighted by molar-refractivity contribution is 7.14. The van der Waals surface area contributed by atoms with Crippen molar-refractivity contribution in [2.45, 2.75) is 25.3 Å². The SMILES string of the molecule is O=C(/C=C/c1ccc(C(=O)NC2CC2)cc1)Nc1nc(-c2ccc3c(c2)CCO3)cs1. The summed E-state index contributed by atoms with van der Waals surface area (Å²) in [5.74, 6) is 0.638. The summed E-state index contributed by atoms with van der Waals surface area (Å²) in [5, 5.41) is 8.25. The molecule has 0 atom stereocenters. The molecule has 6 nitrogen and oxygen atoms in total. The zero-order valence-corrected chi connectivity index (χ0v) is 17.6. The minimum absolute atomic E-state index is 0.0498. The lowest BCUT2D eigenvalue weighted by molar-refractivity contribution is -0.111. The molecule has 1 aliphatic heterocycles. The quantitative estimate of drug-likeness (QED) is 0.571. The molecule has 2 aromatic carbocycles. The van der Waals surface area contributed by atoms with Crippen LogP contribution in [0.5, 0.6) is 5.75 Å². The average molecular weight is 432 g/mol. The second-order valence-electron chi connectivity index (χ2n) is 7.65. The number of nitrogens with zero attached hydrogens (tertiary/aromatic N) is 1. The molecule has 1 saturated carbocycles. The normalized spacial score (nSPS) is 14.8. The van der Waals surface area contributed by atoms with Crippen molar-refractivity contribution in [2.75, 3.05) is 11.9 Å². The summed E-state index contributed by atoms with van der Waals surface area (Å²) in [6.07, 6.45) is 6.21. The molecule has 2 amide bonds. The van der Waals surface area contributed by atoms with Gasteiger partial charge in [0.15, 0.2) is 5.13 Å². The molecule has 156 valence electrons. The van der Waals surface area contributed by atoms with Crippen molar-refractivity contribution < 1.29 is 14.3 Å². The fourth-order valence-corrected chi connectivity index (χ4v) is 4.09. The number of hydrogen-bond donors (Lipinski definition) is 2. The first-order valence-corrected chi connectivity index (χ1v) is 11.1. The van der Waals surface area contributed by atoms with Gasteiger partial charge in [0.1, 0.15) is 5.75 Å². The number of carbonyl (C=O) groups is 2. The second kappa shape index (κ2) is 8.35. The molecule has 2 heterocycles. The highest BCUT2D eigenvalue weighted by atomic mass is 32.1. The van der Waals surface area contributed by atoms with Crippen LogP contribution in [0.2, 0.25) is 0 Å². The first kappa shape index (κ1) is 19.5. The number of carbonyl (C=O) groups excluding carboxylic acids is 2. The van der Waals surface area contributed by atoms with Crippen LogP contribution < -0.4 is 15.4 Å². The third-order valence-corrected chi connectivity index (χ3v) is 5.99. The molecule has 0 radical (unpaired) electrons. The van der Waals surface area contributed by atoms with Gasteiger partial charge >= 0.3 is 0 Å². The van der Waals surface area contributed by atoms with Crippen molar-refractivity contribution in [3.63, 3.8) is 0 Å². The minimum Gasteiger partial charge on any atom is -0.493 e. The van der Waals surface area contributed by atoms with Crippen molar-refractivity contribution in [3.8, 4) is 17.0 Å². The minimum atomic E-state index is -0.251. The molecule has 5 rings (SSSR count). The van der Waals surface area contributed by atoms with Gasteiger partial charge in [-0.2, -0.15) is 0 Å². The number of amides is 2. The first-order valence-electron chi connectivity index (χ1n) is 10.3. The Labute approximate surface area is 184 Å². The van der Waals surface area contributed by atoms with Gasteiger partial charge in [0.05, 0.1) is 12.3 Å². The lowest BCUT2D eigenvalue weighted by Gasteiger charge is -2.03. The first-order chi connectivity index (χ1) is 15.1. The molecule has 1 fully saturated rings. The van der Waals surface area contributed by atoms with Crippen molar-refractivity contribution in [2.24, 2.45) is 0 Å². The number of ether oxygens (including phenoxy) is 1. The number of nitrogens with one attached hydrogen (secondary N) is 2. The molecule has 3 aromatic rings. The van der Waals surface area contributed by atoms with E-state index in [1.54, 1.807) is 18.2 Å². The number of aromatic nitrogens is 1. The molecule has 0 unspecified atom stereocenters. The van der Waals surface area contributed by atoms with Gasteiger partial charge in [-0.25, -0.2) is 4.98 Å². The predicted molar refractivity (Wildman–Crippen MR) is 121 cm³/mol. The summed E-state index contributed by atoms with van der Waals surface area (Å²) < 4.78 is 5.54. The van der Waals surface area contributed by atoms with E-state index >= 15 is 0 Å². The summed E-state index contributed by atoms with van der Waals surface area (Å²) >= 11 is 1.39. The molecule has 1 aromatic heterocycles. The Morgan fingerprint density at radius 1 is 1.13 bits per heavy atom. The third kappa shape index (κ3) is 4.67. The molecule has 2 N–H and O–H groups in total. The van der Waals surface area contributed by atoms with Crippen LogP contribution in [0.4, 0.5) is 5.13 Å². The fourth-order valence-electron chi connectivity index (χ4n) is 3.37. The van der Waals surface area contributed by atoms with Crippen LogP contribution in [0.15, 0.2) is 53.9 Å². The Hall–Kier alpha value is -3.45. The molecule has 1 aliphatic carbocycles. The zero-order valence-electron chi connectivity index (χ0n) is 16.8. The number of anilines is 1. The van der Waals surface area contributed by atoms with Crippen LogP contribution in [0.3, 0.4) is 0 Å². The number of hydrogen-bond acceptors (Lipinski definition) is 5. The summed E-state index contributed by atoms with van der Waals surface area (Å²) in [5.41, 5.74) is 4.51. The maximum absolute atomic E-state index is 12.3. The Balaban J connectivity index is 1.19. The van der Waals surface area contributed by atoms with Crippen LogP contribution in [0.1, 0.15) is 34.3 Å². The van der Waals surface area contributed by atoms with Gasteiger partial charge in [0, 0.05) is 35.0 Å². The number of fused-ring (bicyclic) bond motifs is 1. The Morgan fingerprint density at radius 2 is 1.97 bits per heavy atom. The van der Waals surface area contributed by atoms with Crippen LogP contribution in [0, 0.1) is 0 Å². The van der Waals surface area contributed by atoms with Gasteiger partial charge in [0.2, 0.25) is 5.91 Å². The number of thiazole rings is 1. The van der Waals surface area contributed by atoms with E-state index in [1.165, 1.54) is 23.0 Å². The number of rotatable bonds is 6. The molecule has 0 bridgehead atoms. The molecule has 7 heteroatoms. The average Bonchev–Trinajstić information content (AvgIpc) is 3.27. The van der Waals surface area contributed by atoms with E-state index in [9.17, 15) is 9.59 Å². The van der Waals surface area contributed by atoms with Gasteiger partial charge in [-0.3, -0.25) is 14.9 Å². The van der Waals surface area contributed by atoms with E-state index in [1.807, 2.05) is 29.6 Å². The van der Waals surface area contributed by atoms with Crippen LogP contribution in [-0.4, -0.2) is 29.4 Å². The maximum Gasteiger partial charge on any atom is 0.251 e. The summed E-state index contributed by atoms with van der Waals surface area (Å²) in [6, 6.07) is 13.6. The molecule has 31 heavy (non-hydrogen) atoms. The Kier molecular flexibility index (Phi) is 5.26. The summed E-state index contributed by atoms with van der Waals surface area (Å²) in [4.78, 5) is 28.8. The van der Waals surface area contributed by atoms with Crippen molar-refractivity contribution in [1.82, 2.24) is 10.3 Å². The third-order valence-electron chi connectivity index (χ3n) is 5.23. The van der Waals surface area contributed by atoms with E-state index in [2.05, 4.69) is 21.7 Å². The van der Waals surface area contributed by atoms with Crippen LogP contribution in [0.25, 0.3) is 17.3 Å². The topological polar surface area (TPSA) is 80.3 Å². The summed E-state index contributed by atoms with van der Waals surface area (Å²) in [7, 11) is 0. The van der Waals surface area contributed by atoms with Crippen LogP contribution in [-0.2, 0) is 11.2 Å². The molecule has 0 spiro atoms. The predicted octanol–water partition coefficient (Wildman–Crippen LogP) is 4.29. The fraction of sp³-hybridized carbons (Fsp3) is 0.208. The standard InChI is InChI=1S/C24H21N3O3S/c28-22(10-3-15-1-4-16(5-2-15)23(29)25-19-7-8-19)27-24-26-20(14-31-24)17-6-9-21-18(13-17)11-12-30-21/h1-6,9-10,13-14,19H,7-8,11-12H2,(H,25,29)(H,26,27,28)/b10-3+. The zero-order chi connectivity index (χ0) is 21.2. The molecular formula is C24H21N3O3S. The van der Waals surface area contributed by atoms with E-state index in [0.717, 1.165) is 48.4 Å². The largest absolute Gasteiger partial charge is 0.493 e. The van der Waals surface area contributed by atoms with Gasteiger partial charge in [-0.1, -0.05) is 12.1 Å². The second-order valence-corrected chi connectivity index (χ2v) is 8.51. The molecule has 2 aliphatic rings. The Morgan fingerprint density at radius 3 is 2.77 bits per heavy atom. The van der Waals surface area contributed by atoms with Gasteiger partial charge in [0.25, 0.3) is 5.91 Å². The lowest BCUT2D eigenvalue weighted by Crippen LogP contribution is -2.25. The van der Waals surface area contributed by atoms with Gasteiger partial charge < -0.3 is 10.1 Å². The molecule has 0 saturated heterocycles. The van der Waals surface area contributed by atoms with Crippen LogP contribution >= 0.6 is 11.3 Å². The van der Waals surface area contributed by atoms with Gasteiger partial charge in [-0.15, -0.1) is 11.3 Å². The highest BCUT2D eigenvalue weighted by Gasteiger charge is 2.23. The summed E-state index contributed by atoms with van der Waals surface area (Å²) in [6.45, 7) is 0.722. The van der Waals surface area contributed by atoms with Crippen molar-refractivity contribution >= 4 is 34.4 Å². The van der Waals surface area contributed by atoms with Gasteiger partial charge in [-0.05, 0) is 60.4 Å². The van der Waals surface area contributed by atoms with E-state index in [4.69, 9.17) is 4.74 Å². The van der Waals surface area contributed by atoms with E-state index in [-0.39, 0.29) is 11.8 Å². The maximum atomic E-state index is 12.3. The van der Waals surface area contributed by atoms with Crippen molar-refractivity contribution in [1.29, 1.82) is 0 Å². The Bertz CT molecular complexity index is 1160. The van der Waals surface area contributed by atoms with E-state index in [0.29, 0.717) is 16.7 Å². The monoisotopic (exact) mass is 431 g/mol. The van der Waals surface area contributed by atoms with Crippen molar-refractivity contribution in [3.05, 3.63) is 70.6 Å². The molecular weight excluding hydrogens is 410 g/mol. The lowest BCUT2D eigenvalue weighted by atomic mass is 10.1. The smallest absolute Gasteiger partial charge is 0.251 e. The van der Waals surface area contributed by atoms with E-state index < -0.39 is 0 Å². The number of benzene rings is 2.